The van der Waals surface area contributed by atoms with Gasteiger partial charge in [0.2, 0.25) is 0 Å². The summed E-state index contributed by atoms with van der Waals surface area (Å²) in [6, 6.07) is 17.7. The molecule has 2 N–H and O–H groups in total. The molecule has 4 rings (SSSR count). The summed E-state index contributed by atoms with van der Waals surface area (Å²) >= 11 is 0. The fourth-order valence-corrected chi connectivity index (χ4v) is 3.33. The van der Waals surface area contributed by atoms with E-state index in [0.717, 1.165) is 16.7 Å². The molecule has 2 amide bonds. The number of benzene rings is 2. The van der Waals surface area contributed by atoms with Gasteiger partial charge in [-0.1, -0.05) is 24.3 Å². The number of rotatable bonds is 5. The van der Waals surface area contributed by atoms with Gasteiger partial charge in [0.1, 0.15) is 18.0 Å². The maximum atomic E-state index is 12.5. The zero-order valence-corrected chi connectivity index (χ0v) is 18.2. The Morgan fingerprint density at radius 2 is 1.75 bits per heavy atom. The summed E-state index contributed by atoms with van der Waals surface area (Å²) in [7, 11) is 0. The van der Waals surface area contributed by atoms with E-state index in [9.17, 15) is 9.59 Å². The van der Waals surface area contributed by atoms with E-state index in [1.54, 1.807) is 18.3 Å². The van der Waals surface area contributed by atoms with Gasteiger partial charge in [0.15, 0.2) is 0 Å². The largest absolute Gasteiger partial charge is 0.485 e. The monoisotopic (exact) mass is 428 g/mol. The second-order valence-corrected chi connectivity index (χ2v) is 7.63. The van der Waals surface area contributed by atoms with Gasteiger partial charge >= 0.3 is 6.03 Å². The number of para-hydroxylation sites is 2. The van der Waals surface area contributed by atoms with Crippen molar-refractivity contribution in [2.45, 2.75) is 27.4 Å². The first-order valence-corrected chi connectivity index (χ1v) is 10.3. The number of fused-ring (bicyclic) bond motifs is 1. The Morgan fingerprint density at radius 1 is 0.938 bits per heavy atom. The summed E-state index contributed by atoms with van der Waals surface area (Å²) in [6.07, 6.45) is 1.69. The lowest BCUT2D eigenvalue weighted by atomic mass is 10.1. The number of urea groups is 1. The molecule has 0 atom stereocenters. The molecule has 0 unspecified atom stereocenters. The fourth-order valence-electron chi connectivity index (χ4n) is 3.33. The smallest absolute Gasteiger partial charge is 0.323 e. The predicted octanol–water partition coefficient (Wildman–Crippen LogP) is 4.84. The predicted molar refractivity (Wildman–Crippen MR) is 126 cm³/mol. The van der Waals surface area contributed by atoms with Crippen LogP contribution < -0.4 is 20.9 Å². The number of nitrogens with one attached hydrogen (secondary N) is 2. The molecule has 4 aromatic rings. The van der Waals surface area contributed by atoms with Gasteiger partial charge in [-0.3, -0.25) is 9.20 Å². The maximum absolute atomic E-state index is 12.5. The number of amides is 2. The number of ether oxygens (including phenoxy) is 1. The number of carbonyl (C=O) groups excluding carboxylic acids is 1. The van der Waals surface area contributed by atoms with Gasteiger partial charge in [0.25, 0.3) is 5.56 Å². The minimum atomic E-state index is -0.373. The van der Waals surface area contributed by atoms with Crippen molar-refractivity contribution >= 4 is 23.1 Å². The van der Waals surface area contributed by atoms with Crippen LogP contribution in [0.4, 0.5) is 16.2 Å². The molecule has 0 saturated carbocycles. The molecule has 162 valence electrons. The number of hydrogen-bond donors (Lipinski definition) is 2. The van der Waals surface area contributed by atoms with E-state index < -0.39 is 0 Å². The molecule has 7 heteroatoms. The van der Waals surface area contributed by atoms with Gasteiger partial charge in [0, 0.05) is 18.0 Å². The second-order valence-electron chi connectivity index (χ2n) is 7.63. The van der Waals surface area contributed by atoms with Crippen molar-refractivity contribution in [2.75, 3.05) is 10.6 Å². The topological polar surface area (TPSA) is 84.7 Å². The first-order valence-electron chi connectivity index (χ1n) is 10.3. The van der Waals surface area contributed by atoms with E-state index in [0.29, 0.717) is 28.5 Å². The highest BCUT2D eigenvalue weighted by atomic mass is 16.5. The van der Waals surface area contributed by atoms with E-state index in [4.69, 9.17) is 4.74 Å². The van der Waals surface area contributed by atoms with E-state index in [1.165, 1.54) is 10.5 Å². The Morgan fingerprint density at radius 3 is 2.56 bits per heavy atom. The van der Waals surface area contributed by atoms with Gasteiger partial charge in [-0.25, -0.2) is 9.78 Å². The maximum Gasteiger partial charge on any atom is 0.323 e. The summed E-state index contributed by atoms with van der Waals surface area (Å²) in [6.45, 7) is 6.01. The SMILES string of the molecule is Cc1ccc(NC(=O)Nc2ccccc2OCc2cc(=O)n3cccc(C)c3n2)cc1C. The average Bonchev–Trinajstić information content (AvgIpc) is 2.76. The molecule has 2 aromatic carbocycles. The van der Waals surface area contributed by atoms with Crippen LogP contribution in [0, 0.1) is 20.8 Å². The van der Waals surface area contributed by atoms with E-state index in [2.05, 4.69) is 15.6 Å². The molecule has 32 heavy (non-hydrogen) atoms. The van der Waals surface area contributed by atoms with Crippen molar-refractivity contribution in [3.05, 3.63) is 99.6 Å². The lowest BCUT2D eigenvalue weighted by Gasteiger charge is -2.14. The Balaban J connectivity index is 1.48. The van der Waals surface area contributed by atoms with Crippen LogP contribution in [0.3, 0.4) is 0 Å². The Bertz CT molecular complexity index is 1360. The van der Waals surface area contributed by atoms with Gasteiger partial charge in [-0.15, -0.1) is 0 Å². The summed E-state index contributed by atoms with van der Waals surface area (Å²) < 4.78 is 7.41. The minimum Gasteiger partial charge on any atom is -0.485 e. The standard InChI is InChI=1S/C25H24N4O3/c1-16-10-11-19(13-18(16)3)27-25(31)28-21-8-4-5-9-22(21)32-15-20-14-23(30)29-12-6-7-17(2)24(29)26-20/h4-14H,15H2,1-3H3,(H2,27,28,31). The van der Waals surface area contributed by atoms with Crippen LogP contribution >= 0.6 is 0 Å². The number of pyridine rings is 1. The lowest BCUT2D eigenvalue weighted by Crippen LogP contribution is -2.20. The molecule has 7 nitrogen and oxygen atoms in total. The fraction of sp³-hybridized carbons (Fsp3) is 0.160. The van der Waals surface area contributed by atoms with Crippen molar-refractivity contribution in [2.24, 2.45) is 0 Å². The summed E-state index contributed by atoms with van der Waals surface area (Å²) in [5, 5.41) is 5.65. The number of aryl methyl sites for hydroxylation is 3. The van der Waals surface area contributed by atoms with Crippen LogP contribution in [-0.4, -0.2) is 15.4 Å². The van der Waals surface area contributed by atoms with Crippen LogP contribution in [0.1, 0.15) is 22.4 Å². The van der Waals surface area contributed by atoms with E-state index in [-0.39, 0.29) is 18.2 Å². The van der Waals surface area contributed by atoms with Crippen LogP contribution in [0.2, 0.25) is 0 Å². The average molecular weight is 428 g/mol. The highest BCUT2D eigenvalue weighted by molar-refractivity contribution is 6.00. The summed E-state index contributed by atoms with van der Waals surface area (Å²) in [4.78, 5) is 29.4. The molecule has 0 radical (unpaired) electrons. The number of anilines is 2. The van der Waals surface area contributed by atoms with Crippen LogP contribution in [0.15, 0.2) is 71.7 Å². The van der Waals surface area contributed by atoms with Crippen LogP contribution in [0.25, 0.3) is 5.65 Å². The summed E-state index contributed by atoms with van der Waals surface area (Å²) in [5.41, 5.74) is 5.32. The van der Waals surface area contributed by atoms with Crippen LogP contribution in [-0.2, 0) is 6.61 Å². The first-order chi connectivity index (χ1) is 15.4. The van der Waals surface area contributed by atoms with Gasteiger partial charge in [-0.05, 0) is 67.8 Å². The molecule has 0 aliphatic rings. The number of carbonyl (C=O) groups is 1. The van der Waals surface area contributed by atoms with Crippen LogP contribution in [0.5, 0.6) is 5.75 Å². The van der Waals surface area contributed by atoms with Gasteiger partial charge < -0.3 is 15.4 Å². The number of hydrogen-bond acceptors (Lipinski definition) is 4. The van der Waals surface area contributed by atoms with E-state index >= 15 is 0 Å². The zero-order valence-electron chi connectivity index (χ0n) is 18.2. The van der Waals surface area contributed by atoms with E-state index in [1.807, 2.05) is 63.2 Å². The minimum absolute atomic E-state index is 0.0948. The number of aromatic nitrogens is 2. The normalized spacial score (nSPS) is 10.7. The van der Waals surface area contributed by atoms with Crippen molar-refractivity contribution in [3.63, 3.8) is 0 Å². The molecule has 0 aliphatic heterocycles. The van der Waals surface area contributed by atoms with Crippen molar-refractivity contribution < 1.29 is 9.53 Å². The molecule has 0 saturated heterocycles. The molecule has 2 aromatic heterocycles. The second kappa shape index (κ2) is 8.93. The van der Waals surface area contributed by atoms with Gasteiger partial charge in [-0.2, -0.15) is 0 Å². The Hall–Kier alpha value is -4.13. The zero-order chi connectivity index (χ0) is 22.7. The Labute approximate surface area is 185 Å². The van der Waals surface area contributed by atoms with Gasteiger partial charge in [0.05, 0.1) is 11.4 Å². The highest BCUT2D eigenvalue weighted by Gasteiger charge is 2.10. The molecule has 0 aliphatic carbocycles. The molecule has 0 fully saturated rings. The molecule has 2 heterocycles. The molecule has 0 bridgehead atoms. The third-order valence-corrected chi connectivity index (χ3v) is 5.21. The first kappa shape index (κ1) is 21.1. The molecular formula is C25H24N4O3. The summed E-state index contributed by atoms with van der Waals surface area (Å²) in [5.74, 6) is 0.481. The van der Waals surface area contributed by atoms with Crippen molar-refractivity contribution in [3.8, 4) is 5.75 Å². The van der Waals surface area contributed by atoms with Crippen molar-refractivity contribution in [1.29, 1.82) is 0 Å². The molecule has 0 spiro atoms. The van der Waals surface area contributed by atoms with Crippen molar-refractivity contribution in [1.82, 2.24) is 9.38 Å². The highest BCUT2D eigenvalue weighted by Crippen LogP contribution is 2.25. The Kier molecular flexibility index (Phi) is 5.89. The lowest BCUT2D eigenvalue weighted by molar-refractivity contribution is 0.261. The third-order valence-electron chi connectivity index (χ3n) is 5.21. The quantitative estimate of drug-likeness (QED) is 0.476. The molecular weight excluding hydrogens is 404 g/mol. The number of nitrogens with zero attached hydrogens (tertiary/aromatic N) is 2. The third kappa shape index (κ3) is 4.62.